The topological polar surface area (TPSA) is 50.8 Å². The predicted octanol–water partition coefficient (Wildman–Crippen LogP) is 4.03. The van der Waals surface area contributed by atoms with E-state index in [-0.39, 0.29) is 17.8 Å². The van der Waals surface area contributed by atoms with E-state index in [9.17, 15) is 9.18 Å². The number of ether oxygens (including phenoxy) is 2. The van der Waals surface area contributed by atoms with Crippen LogP contribution < -0.4 is 14.8 Å². The zero-order valence-corrected chi connectivity index (χ0v) is 17.5. The number of carbonyl (C=O) groups excluding carboxylic acids is 1. The summed E-state index contributed by atoms with van der Waals surface area (Å²) < 4.78 is 25.1. The summed E-state index contributed by atoms with van der Waals surface area (Å²) in [5, 5.41) is 2.91. The van der Waals surface area contributed by atoms with Gasteiger partial charge in [-0.25, -0.2) is 4.39 Å². The zero-order valence-electron chi connectivity index (χ0n) is 15.9. The standard InChI is InChI=1S/C20H24BrFN2O3/c1-5-27-19-16(21)10-14(11-18(19)26-4)20(25)23-12-17(24(2)3)13-7-6-8-15(22)9-13/h6-11,17H,5,12H2,1-4H3,(H,23,25). The highest BCUT2D eigenvalue weighted by Crippen LogP contribution is 2.36. The van der Waals surface area contributed by atoms with Gasteiger partial charge in [0, 0.05) is 12.1 Å². The smallest absolute Gasteiger partial charge is 0.251 e. The fourth-order valence-electron chi connectivity index (χ4n) is 2.74. The van der Waals surface area contributed by atoms with Gasteiger partial charge in [0.1, 0.15) is 5.82 Å². The van der Waals surface area contributed by atoms with Gasteiger partial charge in [-0.05, 0) is 66.8 Å². The molecule has 5 nitrogen and oxygen atoms in total. The Morgan fingerprint density at radius 3 is 2.63 bits per heavy atom. The number of nitrogens with one attached hydrogen (secondary N) is 1. The summed E-state index contributed by atoms with van der Waals surface area (Å²) in [5.74, 6) is 0.485. The van der Waals surface area contributed by atoms with Crippen LogP contribution in [0, 0.1) is 5.82 Å². The molecule has 0 aliphatic carbocycles. The number of carbonyl (C=O) groups is 1. The van der Waals surface area contributed by atoms with Gasteiger partial charge in [-0.1, -0.05) is 12.1 Å². The lowest BCUT2D eigenvalue weighted by Gasteiger charge is -2.25. The summed E-state index contributed by atoms with van der Waals surface area (Å²) in [5.41, 5.74) is 1.24. The maximum Gasteiger partial charge on any atom is 0.251 e. The average molecular weight is 439 g/mol. The lowest BCUT2D eigenvalue weighted by molar-refractivity contribution is 0.0941. The van der Waals surface area contributed by atoms with Gasteiger partial charge in [0.15, 0.2) is 11.5 Å². The highest BCUT2D eigenvalue weighted by Gasteiger charge is 2.19. The number of nitrogens with zero attached hydrogens (tertiary/aromatic N) is 1. The van der Waals surface area contributed by atoms with E-state index in [1.807, 2.05) is 32.0 Å². The van der Waals surface area contributed by atoms with Crippen molar-refractivity contribution in [2.45, 2.75) is 13.0 Å². The first kappa shape index (κ1) is 21.2. The molecule has 2 aromatic carbocycles. The minimum atomic E-state index is -0.300. The van der Waals surface area contributed by atoms with Gasteiger partial charge in [0.05, 0.1) is 24.2 Å². The lowest BCUT2D eigenvalue weighted by Crippen LogP contribution is -2.34. The van der Waals surface area contributed by atoms with Crippen LogP contribution in [0.3, 0.4) is 0 Å². The van der Waals surface area contributed by atoms with E-state index in [1.54, 1.807) is 18.2 Å². The molecule has 0 saturated heterocycles. The van der Waals surface area contributed by atoms with E-state index in [4.69, 9.17) is 9.47 Å². The van der Waals surface area contributed by atoms with E-state index >= 15 is 0 Å². The van der Waals surface area contributed by atoms with Gasteiger partial charge in [-0.2, -0.15) is 0 Å². The SMILES string of the molecule is CCOc1c(Br)cc(C(=O)NCC(c2cccc(F)c2)N(C)C)cc1OC. The van der Waals surface area contributed by atoms with E-state index in [2.05, 4.69) is 21.2 Å². The fraction of sp³-hybridized carbons (Fsp3) is 0.350. The molecule has 1 atom stereocenters. The van der Waals surface area contributed by atoms with Crippen LogP contribution in [0.15, 0.2) is 40.9 Å². The molecule has 0 aliphatic heterocycles. The largest absolute Gasteiger partial charge is 0.493 e. The van der Waals surface area contributed by atoms with E-state index in [1.165, 1.54) is 19.2 Å². The van der Waals surface area contributed by atoms with Crippen LogP contribution in [0.25, 0.3) is 0 Å². The van der Waals surface area contributed by atoms with Gasteiger partial charge < -0.3 is 19.7 Å². The third kappa shape index (κ3) is 5.43. The molecule has 7 heteroatoms. The summed E-state index contributed by atoms with van der Waals surface area (Å²) in [6.07, 6.45) is 0. The molecule has 1 amide bonds. The van der Waals surface area contributed by atoms with Crippen LogP contribution in [-0.4, -0.2) is 45.2 Å². The molecule has 0 bridgehead atoms. The maximum atomic E-state index is 13.5. The van der Waals surface area contributed by atoms with Crippen molar-refractivity contribution < 1.29 is 18.7 Å². The molecule has 2 rings (SSSR count). The van der Waals surface area contributed by atoms with E-state index < -0.39 is 0 Å². The summed E-state index contributed by atoms with van der Waals surface area (Å²) in [4.78, 5) is 14.6. The number of hydrogen-bond donors (Lipinski definition) is 1. The molecular weight excluding hydrogens is 415 g/mol. The molecular formula is C20H24BrFN2O3. The minimum Gasteiger partial charge on any atom is -0.493 e. The number of methoxy groups -OCH3 is 1. The molecule has 0 spiro atoms. The van der Waals surface area contributed by atoms with Gasteiger partial charge in [0.25, 0.3) is 5.91 Å². The van der Waals surface area contributed by atoms with Gasteiger partial charge in [0.2, 0.25) is 0 Å². The Bertz CT molecular complexity index is 799. The Balaban J connectivity index is 2.17. The second-order valence-electron chi connectivity index (χ2n) is 6.17. The van der Waals surface area contributed by atoms with Crippen LogP contribution in [0.2, 0.25) is 0 Å². The molecule has 1 N–H and O–H groups in total. The van der Waals surface area contributed by atoms with E-state index in [0.29, 0.717) is 34.7 Å². The Kier molecular flexibility index (Phi) is 7.62. The van der Waals surface area contributed by atoms with Crippen molar-refractivity contribution in [3.8, 4) is 11.5 Å². The van der Waals surface area contributed by atoms with E-state index in [0.717, 1.165) is 5.56 Å². The maximum absolute atomic E-state index is 13.5. The molecule has 0 aliphatic rings. The Labute approximate surface area is 167 Å². The fourth-order valence-corrected chi connectivity index (χ4v) is 3.30. The predicted molar refractivity (Wildman–Crippen MR) is 107 cm³/mol. The number of rotatable bonds is 8. The summed E-state index contributed by atoms with van der Waals surface area (Å²) in [6.45, 7) is 2.70. The van der Waals surface area contributed by atoms with Crippen LogP contribution in [0.5, 0.6) is 11.5 Å². The Morgan fingerprint density at radius 1 is 1.30 bits per heavy atom. The van der Waals surface area contributed by atoms with Crippen molar-refractivity contribution in [1.82, 2.24) is 10.2 Å². The molecule has 0 aromatic heterocycles. The number of hydrogen-bond acceptors (Lipinski definition) is 4. The molecule has 1 unspecified atom stereocenters. The normalized spacial score (nSPS) is 12.0. The second kappa shape index (κ2) is 9.71. The number of benzene rings is 2. The third-order valence-electron chi connectivity index (χ3n) is 4.09. The number of halogens is 2. The molecule has 0 saturated carbocycles. The summed E-state index contributed by atoms with van der Waals surface area (Å²) >= 11 is 3.42. The first-order chi connectivity index (χ1) is 12.9. The van der Waals surface area contributed by atoms with Crippen molar-refractivity contribution in [2.24, 2.45) is 0 Å². The first-order valence-corrected chi connectivity index (χ1v) is 9.37. The van der Waals surface area contributed by atoms with Crippen LogP contribution in [0.4, 0.5) is 4.39 Å². The first-order valence-electron chi connectivity index (χ1n) is 8.57. The van der Waals surface area contributed by atoms with Gasteiger partial charge in [-0.15, -0.1) is 0 Å². The summed E-state index contributed by atoms with van der Waals surface area (Å²) in [7, 11) is 5.30. The summed E-state index contributed by atoms with van der Waals surface area (Å²) in [6, 6.07) is 9.56. The van der Waals surface area contributed by atoms with Crippen LogP contribution in [-0.2, 0) is 0 Å². The van der Waals surface area contributed by atoms with Gasteiger partial charge in [-0.3, -0.25) is 4.79 Å². The third-order valence-corrected chi connectivity index (χ3v) is 4.68. The highest BCUT2D eigenvalue weighted by molar-refractivity contribution is 9.10. The number of likely N-dealkylation sites (N-methyl/N-ethyl adjacent to an activating group) is 1. The highest BCUT2D eigenvalue weighted by atomic mass is 79.9. The molecule has 2 aromatic rings. The Morgan fingerprint density at radius 2 is 2.04 bits per heavy atom. The van der Waals surface area contributed by atoms with Crippen LogP contribution in [0.1, 0.15) is 28.9 Å². The minimum absolute atomic E-state index is 0.155. The zero-order chi connectivity index (χ0) is 20.0. The quantitative estimate of drug-likeness (QED) is 0.675. The molecule has 0 heterocycles. The molecule has 27 heavy (non-hydrogen) atoms. The molecule has 0 radical (unpaired) electrons. The van der Waals surface area contributed by atoms with Crippen LogP contribution >= 0.6 is 15.9 Å². The molecule has 146 valence electrons. The van der Waals surface area contributed by atoms with Crippen molar-refractivity contribution in [1.29, 1.82) is 0 Å². The van der Waals surface area contributed by atoms with Crippen molar-refractivity contribution >= 4 is 21.8 Å². The Hall–Kier alpha value is -2.12. The number of amides is 1. The van der Waals surface area contributed by atoms with Crippen molar-refractivity contribution in [3.63, 3.8) is 0 Å². The monoisotopic (exact) mass is 438 g/mol. The van der Waals surface area contributed by atoms with Crippen molar-refractivity contribution in [3.05, 3.63) is 57.8 Å². The average Bonchev–Trinajstić information content (AvgIpc) is 2.63. The van der Waals surface area contributed by atoms with Crippen molar-refractivity contribution in [2.75, 3.05) is 34.4 Å². The second-order valence-corrected chi connectivity index (χ2v) is 7.02. The lowest BCUT2D eigenvalue weighted by atomic mass is 10.1. The molecule has 0 fully saturated rings. The van der Waals surface area contributed by atoms with Gasteiger partial charge >= 0.3 is 0 Å².